The third-order valence-electron chi connectivity index (χ3n) is 4.27. The van der Waals surface area contributed by atoms with Gasteiger partial charge in [-0.15, -0.1) is 0 Å². The van der Waals surface area contributed by atoms with Crippen LogP contribution in [0.15, 0.2) is 6.20 Å². The molecule has 1 saturated carbocycles. The van der Waals surface area contributed by atoms with Gasteiger partial charge in [0.1, 0.15) is 11.2 Å². The minimum absolute atomic E-state index is 0.0993. The van der Waals surface area contributed by atoms with Crippen LogP contribution in [0.5, 0.6) is 0 Å². The topological polar surface area (TPSA) is 58.6 Å². The van der Waals surface area contributed by atoms with E-state index < -0.39 is 5.54 Å². The molecule has 3 aliphatic rings. The molecule has 0 radical (unpaired) electrons. The Morgan fingerprint density at radius 2 is 2.21 bits per heavy atom. The maximum atomic E-state index is 12.7. The zero-order valence-corrected chi connectivity index (χ0v) is 11.2. The van der Waals surface area contributed by atoms with Crippen LogP contribution in [-0.2, 0) is 9.53 Å². The fourth-order valence-electron chi connectivity index (χ4n) is 2.84. The summed E-state index contributed by atoms with van der Waals surface area (Å²) in [6.45, 7) is 1.15. The van der Waals surface area contributed by atoms with Gasteiger partial charge in [-0.05, 0) is 24.4 Å². The number of fused-ring (bicyclic) bond motifs is 1. The lowest BCUT2D eigenvalue weighted by Gasteiger charge is -2.45. The number of rotatable bonds is 1. The van der Waals surface area contributed by atoms with E-state index in [4.69, 9.17) is 16.3 Å². The van der Waals surface area contributed by atoms with Gasteiger partial charge in [-0.3, -0.25) is 9.69 Å². The van der Waals surface area contributed by atoms with Crippen LogP contribution in [0.3, 0.4) is 0 Å². The summed E-state index contributed by atoms with van der Waals surface area (Å²) in [5, 5.41) is 0.209. The average Bonchev–Trinajstić information content (AvgIpc) is 3.12. The zero-order chi connectivity index (χ0) is 13.2. The molecule has 7 heteroatoms. The minimum atomic E-state index is -0.416. The number of ether oxygens (including phenoxy) is 1. The van der Waals surface area contributed by atoms with Gasteiger partial charge in [0.25, 0.3) is 5.91 Å². The largest absolute Gasteiger partial charge is 0.377 e. The van der Waals surface area contributed by atoms with Gasteiger partial charge >= 0.3 is 0 Å². The van der Waals surface area contributed by atoms with Crippen molar-refractivity contribution < 1.29 is 9.53 Å². The van der Waals surface area contributed by atoms with Crippen LogP contribution in [0.1, 0.15) is 12.8 Å². The fourth-order valence-corrected chi connectivity index (χ4v) is 2.97. The molecule has 6 nitrogen and oxygen atoms in total. The molecule has 1 amide bonds. The first-order valence-corrected chi connectivity index (χ1v) is 6.69. The van der Waals surface area contributed by atoms with Crippen molar-refractivity contribution in [3.05, 3.63) is 11.5 Å². The van der Waals surface area contributed by atoms with Crippen molar-refractivity contribution in [2.75, 3.05) is 30.1 Å². The predicted octanol–water partition coefficient (Wildman–Crippen LogP) is 0.844. The highest BCUT2D eigenvalue weighted by atomic mass is 35.5. The quantitative estimate of drug-likeness (QED) is 0.714. The summed E-state index contributed by atoms with van der Waals surface area (Å²) >= 11 is 5.89. The van der Waals surface area contributed by atoms with Gasteiger partial charge < -0.3 is 9.64 Å². The minimum Gasteiger partial charge on any atom is -0.377 e. The number of hydrogen-bond donors (Lipinski definition) is 0. The van der Waals surface area contributed by atoms with Gasteiger partial charge in [0.15, 0.2) is 5.82 Å². The molecular formula is C12H13ClN4O2. The Morgan fingerprint density at radius 1 is 1.47 bits per heavy atom. The summed E-state index contributed by atoms with van der Waals surface area (Å²) in [7, 11) is 1.90. The van der Waals surface area contributed by atoms with Gasteiger partial charge in [0, 0.05) is 7.05 Å². The van der Waals surface area contributed by atoms with E-state index in [0.717, 1.165) is 24.3 Å². The first-order chi connectivity index (χ1) is 9.13. The Balaban J connectivity index is 1.87. The first-order valence-electron chi connectivity index (χ1n) is 6.31. The number of halogens is 1. The standard InChI is InChI=1S/C12H13ClN4O2/c1-16-9-8(4-14-11(13)15-9)17(7-5-19-6-7)10(18)12(16)2-3-12/h4,7H,2-3,5-6H2,1H3. The number of carbonyl (C=O) groups is 1. The van der Waals surface area contributed by atoms with Crippen molar-refractivity contribution in [3.63, 3.8) is 0 Å². The molecule has 1 aromatic rings. The Hall–Kier alpha value is -1.40. The molecule has 1 aliphatic carbocycles. The fraction of sp³-hybridized carbons (Fsp3) is 0.583. The van der Waals surface area contributed by atoms with Crippen LogP contribution in [0, 0.1) is 0 Å². The maximum absolute atomic E-state index is 12.7. The van der Waals surface area contributed by atoms with Gasteiger partial charge in [-0.2, -0.15) is 4.98 Å². The first kappa shape index (κ1) is 11.4. The third kappa shape index (κ3) is 1.38. The van der Waals surface area contributed by atoms with E-state index in [0.29, 0.717) is 13.2 Å². The number of aromatic nitrogens is 2. The van der Waals surface area contributed by atoms with E-state index in [9.17, 15) is 4.79 Å². The molecular weight excluding hydrogens is 268 g/mol. The smallest absolute Gasteiger partial charge is 0.253 e. The van der Waals surface area contributed by atoms with Gasteiger partial charge in [0.2, 0.25) is 5.28 Å². The van der Waals surface area contributed by atoms with E-state index >= 15 is 0 Å². The molecule has 0 atom stereocenters. The van der Waals surface area contributed by atoms with Crippen molar-refractivity contribution in [2.24, 2.45) is 0 Å². The second-order valence-electron chi connectivity index (χ2n) is 5.30. The van der Waals surface area contributed by atoms with Crippen molar-refractivity contribution in [1.29, 1.82) is 0 Å². The normalized spacial score (nSPS) is 24.4. The van der Waals surface area contributed by atoms with Crippen molar-refractivity contribution in [3.8, 4) is 0 Å². The van der Waals surface area contributed by atoms with Gasteiger partial charge in [0.05, 0.1) is 25.5 Å². The van der Waals surface area contributed by atoms with Crippen molar-refractivity contribution in [2.45, 2.75) is 24.4 Å². The van der Waals surface area contributed by atoms with Gasteiger partial charge in [-0.1, -0.05) is 0 Å². The lowest BCUT2D eigenvalue weighted by molar-refractivity contribution is -0.123. The van der Waals surface area contributed by atoms with Crippen molar-refractivity contribution >= 4 is 29.0 Å². The molecule has 0 unspecified atom stereocenters. The Morgan fingerprint density at radius 3 is 2.79 bits per heavy atom. The summed E-state index contributed by atoms with van der Waals surface area (Å²) < 4.78 is 5.22. The predicted molar refractivity (Wildman–Crippen MR) is 69.5 cm³/mol. The van der Waals surface area contributed by atoms with Crippen LogP contribution < -0.4 is 9.80 Å². The summed E-state index contributed by atoms with van der Waals surface area (Å²) in [6.07, 6.45) is 3.37. The third-order valence-corrected chi connectivity index (χ3v) is 4.45. The van der Waals surface area contributed by atoms with Crippen LogP contribution >= 0.6 is 11.6 Å². The summed E-state index contributed by atoms with van der Waals surface area (Å²) in [5.41, 5.74) is 0.322. The van der Waals surface area contributed by atoms with Crippen LogP contribution in [0.4, 0.5) is 11.5 Å². The molecule has 0 aromatic carbocycles. The number of anilines is 2. The maximum Gasteiger partial charge on any atom is 0.253 e. The summed E-state index contributed by atoms with van der Waals surface area (Å²) in [6, 6.07) is 0.0993. The lowest BCUT2D eigenvalue weighted by atomic mass is 10.0. The van der Waals surface area contributed by atoms with E-state index in [1.165, 1.54) is 0 Å². The number of nitrogens with zero attached hydrogens (tertiary/aromatic N) is 4. The van der Waals surface area contributed by atoms with Crippen LogP contribution in [-0.4, -0.2) is 47.7 Å². The monoisotopic (exact) mass is 280 g/mol. The summed E-state index contributed by atoms with van der Waals surface area (Å²) in [4.78, 5) is 24.8. The molecule has 4 rings (SSSR count). The lowest BCUT2D eigenvalue weighted by Crippen LogP contribution is -2.62. The van der Waals surface area contributed by atoms with E-state index in [-0.39, 0.29) is 17.2 Å². The highest BCUT2D eigenvalue weighted by molar-refractivity contribution is 6.28. The number of hydrogen-bond acceptors (Lipinski definition) is 5. The molecule has 1 aromatic heterocycles. The van der Waals surface area contributed by atoms with Crippen molar-refractivity contribution in [1.82, 2.24) is 9.97 Å². The molecule has 0 N–H and O–H groups in total. The molecule has 0 bridgehead atoms. The highest BCUT2D eigenvalue weighted by Gasteiger charge is 2.60. The Labute approximate surface area is 115 Å². The number of carbonyl (C=O) groups excluding carboxylic acids is 1. The Bertz CT molecular complexity index is 571. The molecule has 19 heavy (non-hydrogen) atoms. The zero-order valence-electron chi connectivity index (χ0n) is 10.5. The molecule has 1 saturated heterocycles. The van der Waals surface area contributed by atoms with Gasteiger partial charge in [-0.25, -0.2) is 4.98 Å². The summed E-state index contributed by atoms with van der Waals surface area (Å²) in [5.74, 6) is 0.880. The van der Waals surface area contributed by atoms with Crippen LogP contribution in [0.2, 0.25) is 5.28 Å². The second-order valence-corrected chi connectivity index (χ2v) is 5.64. The Kier molecular flexibility index (Phi) is 2.15. The molecule has 2 aliphatic heterocycles. The average molecular weight is 281 g/mol. The van der Waals surface area contributed by atoms with E-state index in [1.54, 1.807) is 6.20 Å². The van der Waals surface area contributed by atoms with E-state index in [2.05, 4.69) is 9.97 Å². The van der Waals surface area contributed by atoms with E-state index in [1.807, 2.05) is 16.8 Å². The highest BCUT2D eigenvalue weighted by Crippen LogP contribution is 2.51. The molecule has 3 heterocycles. The molecule has 100 valence electrons. The SMILES string of the molecule is CN1c2nc(Cl)ncc2N(C2COC2)C(=O)C12CC2. The number of amides is 1. The second kappa shape index (κ2) is 3.58. The van der Waals surface area contributed by atoms with Crippen LogP contribution in [0.25, 0.3) is 0 Å². The molecule has 1 spiro atoms. The number of likely N-dealkylation sites (N-methyl/N-ethyl adjacent to an activating group) is 1. The molecule has 2 fully saturated rings.